The van der Waals surface area contributed by atoms with Crippen LogP contribution in [0.2, 0.25) is 0 Å². The number of fused-ring (bicyclic) bond motifs is 8. The molecule has 6 heteroatoms. The molecule has 0 aliphatic carbocycles. The summed E-state index contributed by atoms with van der Waals surface area (Å²) < 4.78 is 8.84. The van der Waals surface area contributed by atoms with Gasteiger partial charge in [0.2, 0.25) is 5.95 Å². The summed E-state index contributed by atoms with van der Waals surface area (Å²) in [4.78, 5) is 18.0. The molecule has 9 aromatic carbocycles. The Balaban J connectivity index is 1.03. The summed E-state index contributed by atoms with van der Waals surface area (Å²) in [6.07, 6.45) is 0. The van der Waals surface area contributed by atoms with Gasteiger partial charge in [-0.3, -0.25) is 4.57 Å². The first kappa shape index (κ1) is 34.7. The zero-order chi connectivity index (χ0) is 40.3. The van der Waals surface area contributed by atoms with E-state index in [9.17, 15) is 0 Å². The van der Waals surface area contributed by atoms with Crippen molar-refractivity contribution in [2.75, 3.05) is 4.90 Å². The van der Waals surface area contributed by atoms with E-state index in [1.165, 1.54) is 0 Å². The van der Waals surface area contributed by atoms with Gasteiger partial charge in [0.25, 0.3) is 0 Å². The summed E-state index contributed by atoms with van der Waals surface area (Å²) in [6.45, 7) is 0. The SMILES string of the molecule is c1ccc(-c2nc(-c3cc4ccccc4c4c3oc3ccccc34)nc(-n3c4ccccc4c4cc(-c5ccc(N(c6ccccc6)c6ccccc6)cc5)ccc43)n2)cc1. The van der Waals surface area contributed by atoms with Gasteiger partial charge in [0, 0.05) is 44.2 Å². The summed E-state index contributed by atoms with van der Waals surface area (Å²) in [6, 6.07) is 73.9. The lowest BCUT2D eigenvalue weighted by atomic mass is 10.00. The zero-order valence-electron chi connectivity index (χ0n) is 32.9. The molecule has 0 unspecified atom stereocenters. The normalized spacial score (nSPS) is 11.6. The molecular formula is C55H35N5O. The van der Waals surface area contributed by atoms with Crippen molar-refractivity contribution in [3.8, 4) is 39.9 Å². The zero-order valence-corrected chi connectivity index (χ0v) is 32.9. The average molecular weight is 782 g/mol. The van der Waals surface area contributed by atoms with Gasteiger partial charge in [-0.05, 0) is 88.6 Å². The van der Waals surface area contributed by atoms with E-state index in [2.05, 4.69) is 179 Å². The van der Waals surface area contributed by atoms with Crippen LogP contribution in [0.15, 0.2) is 217 Å². The van der Waals surface area contributed by atoms with Gasteiger partial charge in [-0.1, -0.05) is 146 Å². The van der Waals surface area contributed by atoms with Crippen molar-refractivity contribution in [3.05, 3.63) is 212 Å². The fourth-order valence-corrected chi connectivity index (χ4v) is 8.81. The lowest BCUT2D eigenvalue weighted by Crippen LogP contribution is -2.09. The lowest BCUT2D eigenvalue weighted by molar-refractivity contribution is 0.669. The maximum absolute atomic E-state index is 6.67. The van der Waals surface area contributed by atoms with Crippen LogP contribution in [0.25, 0.3) is 94.4 Å². The number of anilines is 3. The van der Waals surface area contributed by atoms with Crippen LogP contribution in [0, 0.1) is 0 Å². The van der Waals surface area contributed by atoms with Crippen LogP contribution >= 0.6 is 0 Å². The third-order valence-corrected chi connectivity index (χ3v) is 11.6. The highest BCUT2D eigenvalue weighted by Crippen LogP contribution is 2.42. The third kappa shape index (κ3) is 5.84. The van der Waals surface area contributed by atoms with Gasteiger partial charge in [0.15, 0.2) is 11.6 Å². The van der Waals surface area contributed by atoms with Gasteiger partial charge in [-0.15, -0.1) is 0 Å². The number of rotatable bonds is 7. The van der Waals surface area contributed by atoms with E-state index in [1.807, 2.05) is 42.5 Å². The van der Waals surface area contributed by atoms with Crippen LogP contribution < -0.4 is 4.90 Å². The van der Waals surface area contributed by atoms with Gasteiger partial charge < -0.3 is 9.32 Å². The van der Waals surface area contributed by atoms with E-state index in [0.717, 1.165) is 93.8 Å². The van der Waals surface area contributed by atoms with E-state index in [0.29, 0.717) is 17.6 Å². The van der Waals surface area contributed by atoms with E-state index >= 15 is 0 Å². The smallest absolute Gasteiger partial charge is 0.238 e. The molecule has 0 N–H and O–H groups in total. The van der Waals surface area contributed by atoms with Crippen molar-refractivity contribution < 1.29 is 4.42 Å². The second kappa shape index (κ2) is 14.2. The molecule has 0 spiro atoms. The maximum Gasteiger partial charge on any atom is 0.238 e. The molecule has 0 radical (unpaired) electrons. The number of hydrogen-bond donors (Lipinski definition) is 0. The molecule has 0 amide bonds. The number of hydrogen-bond acceptors (Lipinski definition) is 5. The Morgan fingerprint density at radius 3 is 1.72 bits per heavy atom. The Hall–Kier alpha value is -8.35. The molecular weight excluding hydrogens is 747 g/mol. The summed E-state index contributed by atoms with van der Waals surface area (Å²) in [5, 5.41) is 6.55. The first-order valence-corrected chi connectivity index (χ1v) is 20.4. The molecule has 61 heavy (non-hydrogen) atoms. The van der Waals surface area contributed by atoms with Gasteiger partial charge in [-0.2, -0.15) is 9.97 Å². The first-order valence-electron chi connectivity index (χ1n) is 20.4. The topological polar surface area (TPSA) is 60.0 Å². The molecule has 0 saturated carbocycles. The molecule has 0 aliphatic heterocycles. The summed E-state index contributed by atoms with van der Waals surface area (Å²) in [7, 11) is 0. The van der Waals surface area contributed by atoms with Crippen molar-refractivity contribution in [3.63, 3.8) is 0 Å². The number of nitrogens with zero attached hydrogens (tertiary/aromatic N) is 5. The van der Waals surface area contributed by atoms with Crippen LogP contribution in [0.5, 0.6) is 0 Å². The molecule has 12 rings (SSSR count). The van der Waals surface area contributed by atoms with Crippen molar-refractivity contribution in [2.24, 2.45) is 0 Å². The van der Waals surface area contributed by atoms with Gasteiger partial charge >= 0.3 is 0 Å². The third-order valence-electron chi connectivity index (χ3n) is 11.6. The predicted octanol–water partition coefficient (Wildman–Crippen LogP) is 14.5. The number of aromatic nitrogens is 4. The molecule has 3 heterocycles. The average Bonchev–Trinajstić information content (AvgIpc) is 3.89. The minimum Gasteiger partial charge on any atom is -0.455 e. The summed E-state index contributed by atoms with van der Waals surface area (Å²) in [5.74, 6) is 1.66. The van der Waals surface area contributed by atoms with Crippen LogP contribution in [0.3, 0.4) is 0 Å². The highest BCUT2D eigenvalue weighted by molar-refractivity contribution is 6.22. The molecule has 0 fully saturated rings. The molecule has 3 aromatic heterocycles. The fraction of sp³-hybridized carbons (Fsp3) is 0. The van der Waals surface area contributed by atoms with Crippen LogP contribution in [0.1, 0.15) is 0 Å². The van der Waals surface area contributed by atoms with E-state index in [1.54, 1.807) is 0 Å². The minimum atomic E-state index is 0.534. The Morgan fingerprint density at radius 1 is 0.393 bits per heavy atom. The molecule has 0 bridgehead atoms. The van der Waals surface area contributed by atoms with Crippen molar-refractivity contribution in [1.82, 2.24) is 19.5 Å². The van der Waals surface area contributed by atoms with Crippen LogP contribution in [0.4, 0.5) is 17.1 Å². The van der Waals surface area contributed by atoms with Gasteiger partial charge in [0.1, 0.15) is 11.2 Å². The first-order chi connectivity index (χ1) is 30.2. The minimum absolute atomic E-state index is 0.534. The second-order valence-electron chi connectivity index (χ2n) is 15.2. The summed E-state index contributed by atoms with van der Waals surface area (Å²) in [5.41, 5.74) is 10.9. The Bertz CT molecular complexity index is 3540. The maximum atomic E-state index is 6.67. The van der Waals surface area contributed by atoms with Gasteiger partial charge in [0.05, 0.1) is 16.6 Å². The summed E-state index contributed by atoms with van der Waals surface area (Å²) >= 11 is 0. The second-order valence-corrected chi connectivity index (χ2v) is 15.2. The Labute approximate surface area is 351 Å². The fourth-order valence-electron chi connectivity index (χ4n) is 8.81. The van der Waals surface area contributed by atoms with E-state index in [4.69, 9.17) is 19.4 Å². The number of para-hydroxylation sites is 4. The molecule has 286 valence electrons. The number of furan rings is 1. The molecule has 0 atom stereocenters. The van der Waals surface area contributed by atoms with Crippen molar-refractivity contribution in [2.45, 2.75) is 0 Å². The quantitative estimate of drug-likeness (QED) is 0.161. The Morgan fingerprint density at radius 2 is 0.967 bits per heavy atom. The van der Waals surface area contributed by atoms with Crippen molar-refractivity contribution in [1.29, 1.82) is 0 Å². The predicted molar refractivity (Wildman–Crippen MR) is 250 cm³/mol. The van der Waals surface area contributed by atoms with E-state index in [-0.39, 0.29) is 0 Å². The van der Waals surface area contributed by atoms with Gasteiger partial charge in [-0.25, -0.2) is 4.98 Å². The Kier molecular flexibility index (Phi) is 8.06. The molecule has 12 aromatic rings. The van der Waals surface area contributed by atoms with Crippen LogP contribution in [-0.2, 0) is 0 Å². The molecule has 0 aliphatic rings. The highest BCUT2D eigenvalue weighted by atomic mass is 16.3. The highest BCUT2D eigenvalue weighted by Gasteiger charge is 2.22. The lowest BCUT2D eigenvalue weighted by Gasteiger charge is -2.25. The molecule has 6 nitrogen and oxygen atoms in total. The largest absolute Gasteiger partial charge is 0.455 e. The number of benzene rings is 9. The van der Waals surface area contributed by atoms with E-state index < -0.39 is 0 Å². The molecule has 0 saturated heterocycles. The van der Waals surface area contributed by atoms with Crippen molar-refractivity contribution >= 4 is 71.6 Å². The monoisotopic (exact) mass is 781 g/mol. The van der Waals surface area contributed by atoms with Crippen LogP contribution in [-0.4, -0.2) is 19.5 Å². The standard InChI is InChI=1S/C55H35N5O/c1-4-16-37(17-5-1)53-56-54(47-35-39-18-10-11-23-43(39)51-45-25-13-15-27-50(45)61-52(47)51)58-55(57-53)60-48-26-14-12-24-44(48)46-34-38(30-33-49(46)60)36-28-31-42(32-29-36)59(40-19-6-2-7-20-40)41-21-8-3-9-22-41/h1-35H.